The lowest BCUT2D eigenvalue weighted by Crippen LogP contribution is -2.05. The molecule has 0 aromatic carbocycles. The molecule has 0 radical (unpaired) electrons. The van der Waals surface area contributed by atoms with Crippen LogP contribution in [0.1, 0.15) is 54.4 Å². The Kier molecular flexibility index (Phi) is 5.03. The van der Waals surface area contributed by atoms with Crippen LogP contribution in [0.25, 0.3) is 0 Å². The first kappa shape index (κ1) is 13.3. The van der Waals surface area contributed by atoms with Crippen LogP contribution < -0.4 is 0 Å². The average Bonchev–Trinajstić information content (AvgIpc) is 1.92. The molecule has 0 heterocycles. The van der Waals surface area contributed by atoms with E-state index in [-0.39, 0.29) is 0 Å². The van der Waals surface area contributed by atoms with E-state index in [1.807, 2.05) is 12.4 Å². The highest BCUT2D eigenvalue weighted by Gasteiger charge is 2.07. The molecule has 0 amide bonds. The lowest BCUT2D eigenvalue weighted by Gasteiger charge is -2.14. The van der Waals surface area contributed by atoms with Gasteiger partial charge in [0.2, 0.25) is 0 Å². The monoisotopic (exact) mass is 196 g/mol. The van der Waals surface area contributed by atoms with Crippen LogP contribution in [0.3, 0.4) is 0 Å². The van der Waals surface area contributed by atoms with Gasteiger partial charge in [-0.25, -0.2) is 0 Å². The van der Waals surface area contributed by atoms with Gasteiger partial charge in [0.05, 0.1) is 0 Å². The maximum Gasteiger partial charge on any atom is 0.0275 e. The highest BCUT2D eigenvalue weighted by molar-refractivity contribution is 5.62. The summed E-state index contributed by atoms with van der Waals surface area (Å²) in [5, 5.41) is 8.01. The minimum Gasteiger partial charge on any atom is -0.164 e. The largest absolute Gasteiger partial charge is 0.164 e. The Morgan fingerprint density at radius 1 is 0.714 bits per heavy atom. The van der Waals surface area contributed by atoms with Crippen LogP contribution in [0.2, 0.25) is 0 Å². The molecule has 0 N–H and O–H groups in total. The Hall–Kier alpha value is -0.660. The second-order valence-corrected chi connectivity index (χ2v) is 6.13. The minimum atomic E-state index is 0.309. The van der Waals surface area contributed by atoms with Gasteiger partial charge in [0.25, 0.3) is 0 Å². The van der Waals surface area contributed by atoms with E-state index < -0.39 is 0 Å². The predicted molar refractivity (Wildman–Crippen MR) is 65.1 cm³/mol. The Morgan fingerprint density at radius 3 is 1.21 bits per heavy atom. The van der Waals surface area contributed by atoms with E-state index in [9.17, 15) is 0 Å². The van der Waals surface area contributed by atoms with Crippen molar-refractivity contribution < 1.29 is 0 Å². The molecule has 0 saturated carbocycles. The van der Waals surface area contributed by atoms with E-state index >= 15 is 0 Å². The molecule has 0 spiro atoms. The molecule has 0 rings (SSSR count). The first-order chi connectivity index (χ1) is 6.21. The van der Waals surface area contributed by atoms with Gasteiger partial charge in [-0.2, -0.15) is 10.2 Å². The summed E-state index contributed by atoms with van der Waals surface area (Å²) in [5.74, 6) is 0. The van der Waals surface area contributed by atoms with E-state index in [1.165, 1.54) is 0 Å². The molecule has 14 heavy (non-hydrogen) atoms. The smallest absolute Gasteiger partial charge is 0.0275 e. The van der Waals surface area contributed by atoms with Crippen LogP contribution in [0.5, 0.6) is 0 Å². The van der Waals surface area contributed by atoms with Crippen molar-refractivity contribution in [2.45, 2.75) is 54.4 Å². The zero-order valence-corrected chi connectivity index (χ0v) is 10.5. The van der Waals surface area contributed by atoms with Crippen LogP contribution in [0.4, 0.5) is 0 Å². The van der Waals surface area contributed by atoms with Crippen LogP contribution in [0.15, 0.2) is 10.2 Å². The van der Waals surface area contributed by atoms with Crippen molar-refractivity contribution in [2.75, 3.05) is 0 Å². The molecule has 82 valence electrons. The molecular formula is C12H24N2. The maximum absolute atomic E-state index is 4.00. The molecule has 0 fully saturated rings. The third kappa shape index (κ3) is 11.3. The standard InChI is InChI=1S/C12H24N2/c1-11(2,3)7-9-13-14-10-8-12(4,5)6/h9-10H,7-8H2,1-6H3/b13-9-,14-10-. The molecule has 2 nitrogen and oxygen atoms in total. The average molecular weight is 196 g/mol. The fourth-order valence-electron chi connectivity index (χ4n) is 0.724. The van der Waals surface area contributed by atoms with E-state index in [2.05, 4.69) is 51.7 Å². The molecule has 0 aliphatic carbocycles. The van der Waals surface area contributed by atoms with Crippen molar-refractivity contribution in [3.05, 3.63) is 0 Å². The molecule has 0 aliphatic heterocycles. The quantitative estimate of drug-likeness (QED) is 0.483. The summed E-state index contributed by atoms with van der Waals surface area (Å²) < 4.78 is 0. The fraction of sp³-hybridized carbons (Fsp3) is 0.833. The van der Waals surface area contributed by atoms with E-state index in [4.69, 9.17) is 0 Å². The van der Waals surface area contributed by atoms with Gasteiger partial charge in [-0.1, -0.05) is 41.5 Å². The van der Waals surface area contributed by atoms with Crippen LogP contribution in [-0.2, 0) is 0 Å². The van der Waals surface area contributed by atoms with Crippen molar-refractivity contribution >= 4 is 12.4 Å². The molecule has 0 aromatic rings. The Bertz CT molecular complexity index is 177. The van der Waals surface area contributed by atoms with Gasteiger partial charge in [-0.05, 0) is 23.7 Å². The van der Waals surface area contributed by atoms with Gasteiger partial charge in [-0.15, -0.1) is 0 Å². The van der Waals surface area contributed by atoms with Crippen molar-refractivity contribution in [2.24, 2.45) is 21.0 Å². The molecule has 2 heteroatoms. The lowest BCUT2D eigenvalue weighted by atomic mass is 9.93. The lowest BCUT2D eigenvalue weighted by molar-refractivity contribution is 0.435. The highest BCUT2D eigenvalue weighted by Crippen LogP contribution is 2.17. The second kappa shape index (κ2) is 5.28. The predicted octanol–water partition coefficient (Wildman–Crippen LogP) is 3.92. The Morgan fingerprint density at radius 2 is 1.00 bits per heavy atom. The Balaban J connectivity index is 3.73. The summed E-state index contributed by atoms with van der Waals surface area (Å²) >= 11 is 0. The van der Waals surface area contributed by atoms with E-state index in [1.54, 1.807) is 0 Å². The fourth-order valence-corrected chi connectivity index (χ4v) is 0.724. The van der Waals surface area contributed by atoms with Crippen molar-refractivity contribution in [3.63, 3.8) is 0 Å². The molecular weight excluding hydrogens is 172 g/mol. The third-order valence-corrected chi connectivity index (χ3v) is 1.64. The first-order valence-corrected chi connectivity index (χ1v) is 5.24. The first-order valence-electron chi connectivity index (χ1n) is 5.24. The maximum atomic E-state index is 4.00. The topological polar surface area (TPSA) is 24.7 Å². The SMILES string of the molecule is CC(C)(C)C/C=N\N=C/CC(C)(C)C. The molecule has 0 saturated heterocycles. The molecule has 0 unspecified atom stereocenters. The van der Waals surface area contributed by atoms with E-state index in [0.717, 1.165) is 12.8 Å². The molecule has 0 aromatic heterocycles. The summed E-state index contributed by atoms with van der Waals surface area (Å²) in [4.78, 5) is 0. The van der Waals surface area contributed by atoms with Crippen molar-refractivity contribution in [1.82, 2.24) is 0 Å². The van der Waals surface area contributed by atoms with Gasteiger partial charge in [-0.3, -0.25) is 0 Å². The molecule has 0 atom stereocenters. The van der Waals surface area contributed by atoms with Gasteiger partial charge in [0, 0.05) is 12.4 Å². The number of rotatable bonds is 3. The van der Waals surface area contributed by atoms with Crippen LogP contribution in [-0.4, -0.2) is 12.4 Å². The third-order valence-electron chi connectivity index (χ3n) is 1.64. The normalized spacial score (nSPS) is 14.4. The van der Waals surface area contributed by atoms with Crippen molar-refractivity contribution in [3.8, 4) is 0 Å². The van der Waals surface area contributed by atoms with Gasteiger partial charge in [0.15, 0.2) is 0 Å². The van der Waals surface area contributed by atoms with E-state index in [0.29, 0.717) is 10.8 Å². The number of nitrogens with zero attached hydrogens (tertiary/aromatic N) is 2. The van der Waals surface area contributed by atoms with Crippen LogP contribution >= 0.6 is 0 Å². The minimum absolute atomic E-state index is 0.309. The van der Waals surface area contributed by atoms with Gasteiger partial charge >= 0.3 is 0 Å². The van der Waals surface area contributed by atoms with Gasteiger partial charge in [0.1, 0.15) is 0 Å². The van der Waals surface area contributed by atoms with Gasteiger partial charge < -0.3 is 0 Å². The summed E-state index contributed by atoms with van der Waals surface area (Å²) in [6.45, 7) is 13.2. The van der Waals surface area contributed by atoms with Crippen molar-refractivity contribution in [1.29, 1.82) is 0 Å². The molecule has 0 aliphatic rings. The number of hydrogen-bond acceptors (Lipinski definition) is 2. The summed E-state index contributed by atoms with van der Waals surface area (Å²) in [6.07, 6.45) is 5.72. The zero-order valence-electron chi connectivity index (χ0n) is 10.5. The second-order valence-electron chi connectivity index (χ2n) is 6.13. The Labute approximate surface area is 88.5 Å². The highest BCUT2D eigenvalue weighted by atomic mass is 15.2. The summed E-state index contributed by atoms with van der Waals surface area (Å²) in [6, 6.07) is 0. The summed E-state index contributed by atoms with van der Waals surface area (Å²) in [5.41, 5.74) is 0.617. The summed E-state index contributed by atoms with van der Waals surface area (Å²) in [7, 11) is 0. The van der Waals surface area contributed by atoms with Crippen LogP contribution in [0, 0.1) is 10.8 Å². The zero-order chi connectivity index (χ0) is 11.2. The number of hydrogen-bond donors (Lipinski definition) is 0. The molecule has 0 bridgehead atoms.